The van der Waals surface area contributed by atoms with Crippen molar-refractivity contribution in [2.24, 2.45) is 11.7 Å². The van der Waals surface area contributed by atoms with E-state index >= 15 is 0 Å². The monoisotopic (exact) mass is 218 g/mol. The normalized spacial score (nSPS) is 25.5. The number of nitrogens with two attached hydrogens (primary N) is 1. The molecule has 0 aromatic rings. The van der Waals surface area contributed by atoms with Gasteiger partial charge < -0.3 is 10.6 Å². The van der Waals surface area contributed by atoms with Gasteiger partial charge in [-0.15, -0.1) is 0 Å². The number of rotatable bonds is 3. The standard InChI is InChI=1S/C9H18N2S2/c1-8-6-11(3-2-9(10)12)4-5-13-7-8/h8H,2-7H2,1H3,(H2,10,12). The van der Waals surface area contributed by atoms with Crippen LogP contribution in [0.1, 0.15) is 13.3 Å². The SMILES string of the molecule is CC1CSCCN(CCC(N)=S)C1. The number of hydrogen-bond donors (Lipinski definition) is 1. The molecule has 1 unspecified atom stereocenters. The van der Waals surface area contributed by atoms with Gasteiger partial charge in [0.15, 0.2) is 0 Å². The molecule has 0 saturated carbocycles. The molecule has 2 N–H and O–H groups in total. The molecule has 1 aliphatic rings. The van der Waals surface area contributed by atoms with Crippen molar-refractivity contribution in [3.63, 3.8) is 0 Å². The van der Waals surface area contributed by atoms with E-state index in [4.69, 9.17) is 18.0 Å². The highest BCUT2D eigenvalue weighted by molar-refractivity contribution is 7.99. The highest BCUT2D eigenvalue weighted by Gasteiger charge is 2.14. The van der Waals surface area contributed by atoms with Crippen LogP contribution in [0.5, 0.6) is 0 Å². The van der Waals surface area contributed by atoms with E-state index in [-0.39, 0.29) is 0 Å². The van der Waals surface area contributed by atoms with E-state index in [1.807, 2.05) is 0 Å². The highest BCUT2D eigenvalue weighted by Crippen LogP contribution is 2.15. The van der Waals surface area contributed by atoms with Gasteiger partial charge in [-0.3, -0.25) is 0 Å². The Morgan fingerprint density at radius 3 is 3.15 bits per heavy atom. The van der Waals surface area contributed by atoms with Crippen LogP contribution in [0, 0.1) is 5.92 Å². The van der Waals surface area contributed by atoms with Crippen LogP contribution >= 0.6 is 24.0 Å². The van der Waals surface area contributed by atoms with Gasteiger partial charge in [-0.1, -0.05) is 19.1 Å². The summed E-state index contributed by atoms with van der Waals surface area (Å²) in [6.07, 6.45) is 0.868. The third-order valence-electron chi connectivity index (χ3n) is 2.20. The van der Waals surface area contributed by atoms with Crippen LogP contribution in [0.2, 0.25) is 0 Å². The zero-order chi connectivity index (χ0) is 9.68. The smallest absolute Gasteiger partial charge is 0.0740 e. The molecule has 0 bridgehead atoms. The minimum absolute atomic E-state index is 0.643. The van der Waals surface area contributed by atoms with Gasteiger partial charge in [-0.05, 0) is 11.7 Å². The summed E-state index contributed by atoms with van der Waals surface area (Å²) < 4.78 is 0. The molecule has 1 atom stereocenters. The molecule has 0 aromatic carbocycles. The van der Waals surface area contributed by atoms with Gasteiger partial charge >= 0.3 is 0 Å². The van der Waals surface area contributed by atoms with Crippen LogP contribution in [0.15, 0.2) is 0 Å². The van der Waals surface area contributed by atoms with Gasteiger partial charge in [0.05, 0.1) is 4.99 Å². The predicted molar refractivity (Wildman–Crippen MR) is 64.3 cm³/mol. The first kappa shape index (κ1) is 11.3. The van der Waals surface area contributed by atoms with E-state index in [9.17, 15) is 0 Å². The van der Waals surface area contributed by atoms with Gasteiger partial charge in [0.25, 0.3) is 0 Å². The maximum Gasteiger partial charge on any atom is 0.0740 e. The number of thiocarbonyl (C=S) groups is 1. The second-order valence-corrected chi connectivity index (χ2v) is 5.37. The van der Waals surface area contributed by atoms with Crippen LogP contribution < -0.4 is 5.73 Å². The molecule has 0 aromatic heterocycles. The average molecular weight is 218 g/mol. The topological polar surface area (TPSA) is 29.3 Å². The molecule has 1 heterocycles. The number of hydrogen-bond acceptors (Lipinski definition) is 3. The van der Waals surface area contributed by atoms with Gasteiger partial charge in [0, 0.05) is 31.8 Å². The predicted octanol–water partition coefficient (Wildman–Crippen LogP) is 1.35. The van der Waals surface area contributed by atoms with Gasteiger partial charge in [0.2, 0.25) is 0 Å². The lowest BCUT2D eigenvalue weighted by atomic mass is 10.2. The first-order valence-electron chi connectivity index (χ1n) is 4.77. The molecule has 1 saturated heterocycles. The van der Waals surface area contributed by atoms with Crippen molar-refractivity contribution in [2.75, 3.05) is 31.1 Å². The molecular weight excluding hydrogens is 200 g/mol. The van der Waals surface area contributed by atoms with Crippen molar-refractivity contribution in [3.05, 3.63) is 0 Å². The van der Waals surface area contributed by atoms with Crippen LogP contribution in [0.4, 0.5) is 0 Å². The van der Waals surface area contributed by atoms with E-state index < -0.39 is 0 Å². The maximum absolute atomic E-state index is 5.48. The molecule has 13 heavy (non-hydrogen) atoms. The van der Waals surface area contributed by atoms with E-state index in [1.165, 1.54) is 24.6 Å². The molecule has 0 spiro atoms. The summed E-state index contributed by atoms with van der Waals surface area (Å²) >= 11 is 6.93. The molecule has 0 radical (unpaired) electrons. The molecule has 2 nitrogen and oxygen atoms in total. The Labute approximate surface area is 90.2 Å². The van der Waals surface area contributed by atoms with Crippen molar-refractivity contribution in [1.29, 1.82) is 0 Å². The van der Waals surface area contributed by atoms with Crippen LogP contribution in [-0.2, 0) is 0 Å². The average Bonchev–Trinajstić information content (AvgIpc) is 2.26. The Morgan fingerprint density at radius 2 is 2.46 bits per heavy atom. The molecule has 76 valence electrons. The summed E-state index contributed by atoms with van der Waals surface area (Å²) in [7, 11) is 0. The van der Waals surface area contributed by atoms with Gasteiger partial charge in [0.1, 0.15) is 0 Å². The first-order valence-corrected chi connectivity index (χ1v) is 6.33. The quantitative estimate of drug-likeness (QED) is 0.724. The van der Waals surface area contributed by atoms with E-state index in [0.29, 0.717) is 4.99 Å². The molecule has 0 amide bonds. The molecule has 1 aliphatic heterocycles. The lowest BCUT2D eigenvalue weighted by molar-refractivity contribution is 0.272. The molecule has 0 aliphatic carbocycles. The molecular formula is C9H18N2S2. The van der Waals surface area contributed by atoms with E-state index in [2.05, 4.69) is 23.6 Å². The summed E-state index contributed by atoms with van der Waals surface area (Å²) in [6.45, 7) is 5.75. The Hall–Kier alpha value is 0.200. The molecule has 1 fully saturated rings. The maximum atomic E-state index is 5.48. The summed E-state index contributed by atoms with van der Waals surface area (Å²) in [5, 5.41) is 0. The second kappa shape index (κ2) is 5.83. The van der Waals surface area contributed by atoms with Crippen molar-refractivity contribution < 1.29 is 0 Å². The first-order chi connectivity index (χ1) is 6.18. The highest BCUT2D eigenvalue weighted by atomic mass is 32.2. The van der Waals surface area contributed by atoms with Crippen LogP contribution in [0.25, 0.3) is 0 Å². The third-order valence-corrected chi connectivity index (χ3v) is 3.68. The minimum Gasteiger partial charge on any atom is -0.393 e. The summed E-state index contributed by atoms with van der Waals surface area (Å²) in [4.78, 5) is 3.12. The fourth-order valence-corrected chi connectivity index (χ4v) is 2.69. The fraction of sp³-hybridized carbons (Fsp3) is 0.889. The van der Waals surface area contributed by atoms with Crippen molar-refractivity contribution in [2.45, 2.75) is 13.3 Å². The summed E-state index contributed by atoms with van der Waals surface area (Å²) in [6, 6.07) is 0. The Bertz CT molecular complexity index is 173. The Balaban J connectivity index is 2.26. The van der Waals surface area contributed by atoms with Crippen molar-refractivity contribution in [1.82, 2.24) is 4.90 Å². The number of thioether (sulfide) groups is 1. The summed E-state index contributed by atoms with van der Waals surface area (Å²) in [5.74, 6) is 3.35. The minimum atomic E-state index is 0.643. The Morgan fingerprint density at radius 1 is 1.69 bits per heavy atom. The largest absolute Gasteiger partial charge is 0.393 e. The fourth-order valence-electron chi connectivity index (χ4n) is 1.53. The van der Waals surface area contributed by atoms with Crippen molar-refractivity contribution >= 4 is 29.0 Å². The molecule has 4 heteroatoms. The van der Waals surface area contributed by atoms with Crippen LogP contribution in [-0.4, -0.2) is 41.0 Å². The lowest BCUT2D eigenvalue weighted by Crippen LogP contribution is -2.32. The number of nitrogens with zero attached hydrogens (tertiary/aromatic N) is 1. The zero-order valence-electron chi connectivity index (χ0n) is 8.16. The molecule has 1 rings (SSSR count). The van der Waals surface area contributed by atoms with Crippen molar-refractivity contribution in [3.8, 4) is 0 Å². The lowest BCUT2D eigenvalue weighted by Gasteiger charge is -2.21. The Kier molecular flexibility index (Phi) is 5.06. The van der Waals surface area contributed by atoms with Crippen LogP contribution in [0.3, 0.4) is 0 Å². The van der Waals surface area contributed by atoms with Gasteiger partial charge in [-0.25, -0.2) is 0 Å². The second-order valence-electron chi connectivity index (χ2n) is 3.70. The summed E-state index contributed by atoms with van der Waals surface area (Å²) in [5.41, 5.74) is 5.48. The third kappa shape index (κ3) is 4.84. The van der Waals surface area contributed by atoms with E-state index in [1.54, 1.807) is 0 Å². The zero-order valence-corrected chi connectivity index (χ0v) is 9.79. The van der Waals surface area contributed by atoms with Gasteiger partial charge in [-0.2, -0.15) is 11.8 Å². The van der Waals surface area contributed by atoms with E-state index in [0.717, 1.165) is 18.9 Å².